The lowest BCUT2D eigenvalue weighted by Gasteiger charge is -2.09. The number of amides is 1. The second kappa shape index (κ2) is 7.75. The summed E-state index contributed by atoms with van der Waals surface area (Å²) in [7, 11) is 0. The normalized spacial score (nSPS) is 10.2. The van der Waals surface area contributed by atoms with Crippen molar-refractivity contribution < 1.29 is 4.79 Å². The van der Waals surface area contributed by atoms with E-state index in [1.807, 2.05) is 25.1 Å². The lowest BCUT2D eigenvalue weighted by molar-refractivity contribution is -0.113. The highest BCUT2D eigenvalue weighted by Gasteiger charge is 2.13. The number of aryl methyl sites for hydroxylation is 3. The van der Waals surface area contributed by atoms with Gasteiger partial charge in [-0.15, -0.1) is 0 Å². The third kappa shape index (κ3) is 4.65. The quantitative estimate of drug-likeness (QED) is 0.448. The average Bonchev–Trinajstić information content (AvgIpc) is 2.47. The van der Waals surface area contributed by atoms with E-state index in [9.17, 15) is 10.1 Å². The third-order valence-corrected chi connectivity index (χ3v) is 4.73. The van der Waals surface area contributed by atoms with E-state index in [1.54, 1.807) is 13.8 Å². The van der Waals surface area contributed by atoms with E-state index in [-0.39, 0.29) is 11.7 Å². The summed E-state index contributed by atoms with van der Waals surface area (Å²) in [5.74, 6) is 0.658. The zero-order chi connectivity index (χ0) is 17.0. The number of hydrogen-bond acceptors (Lipinski definition) is 5. The summed E-state index contributed by atoms with van der Waals surface area (Å²) in [6.07, 6.45) is 0. The van der Waals surface area contributed by atoms with Crippen LogP contribution in [-0.4, -0.2) is 21.6 Å². The molecule has 0 aliphatic rings. The molecule has 1 heterocycles. The van der Waals surface area contributed by atoms with Gasteiger partial charge in [-0.3, -0.25) is 4.79 Å². The summed E-state index contributed by atoms with van der Waals surface area (Å²) in [5.41, 5.74) is 2.88. The van der Waals surface area contributed by atoms with E-state index in [2.05, 4.69) is 43.9 Å². The van der Waals surface area contributed by atoms with Crippen molar-refractivity contribution in [2.45, 2.75) is 25.8 Å². The smallest absolute Gasteiger partial charge is 0.234 e. The van der Waals surface area contributed by atoms with Gasteiger partial charge in [0.1, 0.15) is 22.5 Å². The molecule has 5 nitrogen and oxygen atoms in total. The predicted molar refractivity (Wildman–Crippen MR) is 99.5 cm³/mol. The van der Waals surface area contributed by atoms with Crippen LogP contribution in [-0.2, 0) is 4.79 Å². The van der Waals surface area contributed by atoms with Gasteiger partial charge in [0.25, 0.3) is 0 Å². The monoisotopic (exact) mass is 438 g/mol. The summed E-state index contributed by atoms with van der Waals surface area (Å²) in [6, 6.07) is 7.94. The van der Waals surface area contributed by atoms with Crippen LogP contribution in [0.15, 0.2) is 23.2 Å². The Morgan fingerprint density at radius 2 is 2.09 bits per heavy atom. The highest BCUT2D eigenvalue weighted by atomic mass is 127. The molecule has 0 saturated carbocycles. The largest absolute Gasteiger partial charge is 0.325 e. The number of nitrogens with one attached hydrogen (secondary N) is 1. The number of aromatic nitrogens is 2. The zero-order valence-corrected chi connectivity index (χ0v) is 15.9. The lowest BCUT2D eigenvalue weighted by Crippen LogP contribution is -2.15. The topological polar surface area (TPSA) is 78.7 Å². The minimum absolute atomic E-state index is 0.128. The van der Waals surface area contributed by atoms with E-state index < -0.39 is 0 Å². The molecule has 0 spiro atoms. The summed E-state index contributed by atoms with van der Waals surface area (Å²) in [5, 5.41) is 12.6. The van der Waals surface area contributed by atoms with E-state index in [1.165, 1.54) is 11.8 Å². The fourth-order valence-corrected chi connectivity index (χ4v) is 3.52. The molecule has 0 saturated heterocycles. The Balaban J connectivity index is 2.07. The van der Waals surface area contributed by atoms with E-state index in [0.717, 1.165) is 14.8 Å². The Hall–Kier alpha value is -1.66. The van der Waals surface area contributed by atoms with Gasteiger partial charge in [-0.1, -0.05) is 11.8 Å². The molecule has 1 aromatic carbocycles. The summed E-state index contributed by atoms with van der Waals surface area (Å²) in [6.45, 7) is 5.50. The standard InChI is InChI=1S/C16H15IN4OS/c1-9-6-12(17)4-5-14(9)21-15(22)8-23-16-13(7-18)10(2)19-11(3)20-16/h4-6H,8H2,1-3H3,(H,21,22). The molecule has 1 amide bonds. The number of benzene rings is 1. The Kier molecular flexibility index (Phi) is 5.96. The van der Waals surface area contributed by atoms with Gasteiger partial charge in [-0.25, -0.2) is 9.97 Å². The van der Waals surface area contributed by atoms with Crippen molar-refractivity contribution in [1.29, 1.82) is 5.26 Å². The summed E-state index contributed by atoms with van der Waals surface area (Å²) in [4.78, 5) is 20.6. The minimum Gasteiger partial charge on any atom is -0.325 e. The molecule has 0 unspecified atom stereocenters. The number of carbonyl (C=O) groups is 1. The molecule has 1 N–H and O–H groups in total. The van der Waals surface area contributed by atoms with Gasteiger partial charge in [-0.05, 0) is 67.1 Å². The summed E-state index contributed by atoms with van der Waals surface area (Å²) < 4.78 is 1.12. The fourth-order valence-electron chi connectivity index (χ4n) is 2.00. The van der Waals surface area contributed by atoms with Crippen molar-refractivity contribution in [2.75, 3.05) is 11.1 Å². The van der Waals surface area contributed by atoms with Crippen molar-refractivity contribution >= 4 is 45.9 Å². The molecule has 0 atom stereocenters. The van der Waals surface area contributed by atoms with Crippen molar-refractivity contribution in [1.82, 2.24) is 9.97 Å². The van der Waals surface area contributed by atoms with Gasteiger partial charge in [-0.2, -0.15) is 5.26 Å². The zero-order valence-electron chi connectivity index (χ0n) is 13.0. The van der Waals surface area contributed by atoms with Crippen LogP contribution >= 0.6 is 34.4 Å². The Labute approximate surface area is 153 Å². The molecule has 1 aromatic heterocycles. The van der Waals surface area contributed by atoms with Crippen LogP contribution in [0.4, 0.5) is 5.69 Å². The number of nitriles is 1. The molecule has 23 heavy (non-hydrogen) atoms. The molecule has 118 valence electrons. The minimum atomic E-state index is -0.128. The van der Waals surface area contributed by atoms with Crippen LogP contribution in [0.25, 0.3) is 0 Å². The number of thioether (sulfide) groups is 1. The Morgan fingerprint density at radius 1 is 1.35 bits per heavy atom. The first-order valence-electron chi connectivity index (χ1n) is 6.85. The lowest BCUT2D eigenvalue weighted by atomic mass is 10.2. The molecule has 0 aliphatic carbocycles. The second-order valence-corrected chi connectivity index (χ2v) is 7.15. The maximum absolute atomic E-state index is 12.1. The first-order chi connectivity index (χ1) is 10.9. The molecule has 2 aromatic rings. The van der Waals surface area contributed by atoms with Crippen LogP contribution < -0.4 is 5.32 Å². The van der Waals surface area contributed by atoms with Gasteiger partial charge in [0, 0.05) is 9.26 Å². The van der Waals surface area contributed by atoms with Crippen LogP contribution in [0, 0.1) is 35.7 Å². The number of halogens is 1. The predicted octanol–water partition coefficient (Wildman–Crippen LogP) is 3.61. The second-order valence-electron chi connectivity index (χ2n) is 4.94. The number of rotatable bonds is 4. The maximum atomic E-state index is 12.1. The molecular formula is C16H15IN4OS. The van der Waals surface area contributed by atoms with Gasteiger partial charge in [0.15, 0.2) is 0 Å². The highest BCUT2D eigenvalue weighted by Crippen LogP contribution is 2.23. The first kappa shape index (κ1) is 17.7. The van der Waals surface area contributed by atoms with Crippen LogP contribution in [0.3, 0.4) is 0 Å². The van der Waals surface area contributed by atoms with E-state index in [4.69, 9.17) is 0 Å². The van der Waals surface area contributed by atoms with E-state index >= 15 is 0 Å². The van der Waals surface area contributed by atoms with E-state index in [0.29, 0.717) is 22.1 Å². The van der Waals surface area contributed by atoms with Crippen LogP contribution in [0.5, 0.6) is 0 Å². The van der Waals surface area contributed by atoms with Gasteiger partial charge < -0.3 is 5.32 Å². The SMILES string of the molecule is Cc1nc(C)c(C#N)c(SCC(=O)Nc2ccc(I)cc2C)n1. The number of hydrogen-bond donors (Lipinski definition) is 1. The van der Waals surface area contributed by atoms with Crippen molar-refractivity contribution in [3.05, 3.63) is 44.4 Å². The molecule has 7 heteroatoms. The van der Waals surface area contributed by atoms with Gasteiger partial charge in [0.05, 0.1) is 11.4 Å². The van der Waals surface area contributed by atoms with Crippen LogP contribution in [0.2, 0.25) is 0 Å². The first-order valence-corrected chi connectivity index (χ1v) is 8.91. The molecule has 0 radical (unpaired) electrons. The third-order valence-electron chi connectivity index (χ3n) is 3.08. The van der Waals surface area contributed by atoms with Crippen molar-refractivity contribution in [3.63, 3.8) is 0 Å². The van der Waals surface area contributed by atoms with Gasteiger partial charge >= 0.3 is 0 Å². The number of carbonyl (C=O) groups excluding carboxylic acids is 1. The molecule has 0 aliphatic heterocycles. The molecule has 2 rings (SSSR count). The molecule has 0 bridgehead atoms. The van der Waals surface area contributed by atoms with Gasteiger partial charge in [0.2, 0.25) is 5.91 Å². The fraction of sp³-hybridized carbons (Fsp3) is 0.250. The van der Waals surface area contributed by atoms with Crippen LogP contribution in [0.1, 0.15) is 22.6 Å². The molecule has 0 fully saturated rings. The number of nitrogens with zero attached hydrogens (tertiary/aromatic N) is 3. The van der Waals surface area contributed by atoms with Crippen molar-refractivity contribution in [3.8, 4) is 6.07 Å². The highest BCUT2D eigenvalue weighted by molar-refractivity contribution is 14.1. The molecular weight excluding hydrogens is 423 g/mol. The van der Waals surface area contributed by atoms with Crippen molar-refractivity contribution in [2.24, 2.45) is 0 Å². The Morgan fingerprint density at radius 3 is 2.74 bits per heavy atom. The average molecular weight is 438 g/mol. The summed E-state index contributed by atoms with van der Waals surface area (Å²) >= 11 is 3.48. The number of anilines is 1. The maximum Gasteiger partial charge on any atom is 0.234 e. The Bertz CT molecular complexity index is 801.